The molecule has 20 heavy (non-hydrogen) atoms. The summed E-state index contributed by atoms with van der Waals surface area (Å²) in [6.45, 7) is 11.9. The Morgan fingerprint density at radius 2 is 1.90 bits per heavy atom. The molecular formula is C16H32N2O2. The van der Waals surface area contributed by atoms with Gasteiger partial charge in [-0.25, -0.2) is 0 Å². The van der Waals surface area contributed by atoms with Crippen LogP contribution in [0.25, 0.3) is 0 Å². The van der Waals surface area contributed by atoms with Crippen molar-refractivity contribution in [1.82, 2.24) is 10.2 Å². The maximum absolute atomic E-state index is 12.3. The van der Waals surface area contributed by atoms with Crippen LogP contribution < -0.4 is 5.32 Å². The third-order valence-corrected chi connectivity index (χ3v) is 4.21. The molecule has 0 heterocycles. The van der Waals surface area contributed by atoms with E-state index in [4.69, 9.17) is 4.74 Å². The van der Waals surface area contributed by atoms with Crippen molar-refractivity contribution in [3.63, 3.8) is 0 Å². The largest absolute Gasteiger partial charge is 0.465 e. The molecule has 2 atom stereocenters. The second-order valence-corrected chi connectivity index (χ2v) is 5.77. The van der Waals surface area contributed by atoms with Gasteiger partial charge in [0.2, 0.25) is 0 Å². The molecule has 4 heteroatoms. The highest BCUT2D eigenvalue weighted by atomic mass is 16.5. The quantitative estimate of drug-likeness (QED) is 0.661. The maximum atomic E-state index is 12.3. The van der Waals surface area contributed by atoms with Crippen LogP contribution in [0, 0.1) is 0 Å². The van der Waals surface area contributed by atoms with Gasteiger partial charge in [-0.1, -0.05) is 20.8 Å². The van der Waals surface area contributed by atoms with E-state index in [-0.39, 0.29) is 5.97 Å². The second-order valence-electron chi connectivity index (χ2n) is 5.77. The SMILES string of the molecule is CCCN(CCC)C1CCC(NCC)(C(=O)OCC)C1. The molecule has 2 unspecified atom stereocenters. The van der Waals surface area contributed by atoms with Crippen LogP contribution in [-0.4, -0.2) is 48.7 Å². The van der Waals surface area contributed by atoms with Gasteiger partial charge in [-0.05, 0) is 58.7 Å². The lowest BCUT2D eigenvalue weighted by Gasteiger charge is -2.31. The number of nitrogens with zero attached hydrogens (tertiary/aromatic N) is 1. The summed E-state index contributed by atoms with van der Waals surface area (Å²) >= 11 is 0. The lowest BCUT2D eigenvalue weighted by atomic mass is 9.97. The van der Waals surface area contributed by atoms with Gasteiger partial charge in [0.1, 0.15) is 5.54 Å². The Labute approximate surface area is 124 Å². The number of rotatable bonds is 9. The molecule has 1 aliphatic rings. The predicted octanol–water partition coefficient (Wildman–Crippen LogP) is 2.57. The van der Waals surface area contributed by atoms with Crippen LogP contribution in [0.2, 0.25) is 0 Å². The molecule has 0 amide bonds. The summed E-state index contributed by atoms with van der Waals surface area (Å²) in [6, 6.07) is 0.512. The van der Waals surface area contributed by atoms with Gasteiger partial charge < -0.3 is 15.0 Å². The fourth-order valence-corrected chi connectivity index (χ4v) is 3.41. The minimum Gasteiger partial charge on any atom is -0.465 e. The molecule has 1 fully saturated rings. The van der Waals surface area contributed by atoms with E-state index in [0.717, 1.165) is 38.9 Å². The fraction of sp³-hybridized carbons (Fsp3) is 0.938. The van der Waals surface area contributed by atoms with E-state index < -0.39 is 5.54 Å². The van der Waals surface area contributed by atoms with Crippen molar-refractivity contribution in [1.29, 1.82) is 0 Å². The van der Waals surface area contributed by atoms with Crippen LogP contribution in [-0.2, 0) is 9.53 Å². The molecule has 0 saturated heterocycles. The molecule has 1 rings (SSSR count). The minimum absolute atomic E-state index is 0.0581. The van der Waals surface area contributed by atoms with Gasteiger partial charge in [0.15, 0.2) is 0 Å². The summed E-state index contributed by atoms with van der Waals surface area (Å²) in [5, 5.41) is 3.41. The fourth-order valence-electron chi connectivity index (χ4n) is 3.41. The van der Waals surface area contributed by atoms with Gasteiger partial charge in [-0.15, -0.1) is 0 Å². The van der Waals surface area contributed by atoms with Crippen molar-refractivity contribution in [2.24, 2.45) is 0 Å². The number of nitrogens with one attached hydrogen (secondary N) is 1. The van der Waals surface area contributed by atoms with Crippen LogP contribution in [0.1, 0.15) is 59.8 Å². The van der Waals surface area contributed by atoms with E-state index in [1.807, 2.05) is 6.92 Å². The molecule has 0 aliphatic heterocycles. The molecule has 0 bridgehead atoms. The Morgan fingerprint density at radius 3 is 2.40 bits per heavy atom. The first-order chi connectivity index (χ1) is 9.63. The van der Waals surface area contributed by atoms with Crippen molar-refractivity contribution >= 4 is 5.97 Å². The molecular weight excluding hydrogens is 252 g/mol. The lowest BCUT2D eigenvalue weighted by molar-refractivity contribution is -0.151. The van der Waals surface area contributed by atoms with Crippen LogP contribution in [0.5, 0.6) is 0 Å². The molecule has 1 N–H and O–H groups in total. The predicted molar refractivity (Wildman–Crippen MR) is 82.8 cm³/mol. The normalized spacial score (nSPS) is 26.1. The number of hydrogen-bond acceptors (Lipinski definition) is 4. The summed E-state index contributed by atoms with van der Waals surface area (Å²) < 4.78 is 5.31. The summed E-state index contributed by atoms with van der Waals surface area (Å²) in [5.74, 6) is -0.0581. The van der Waals surface area contributed by atoms with Gasteiger partial charge in [0, 0.05) is 6.04 Å². The van der Waals surface area contributed by atoms with Crippen molar-refractivity contribution < 1.29 is 9.53 Å². The average Bonchev–Trinajstić information content (AvgIpc) is 2.85. The van der Waals surface area contributed by atoms with Crippen LogP contribution in [0.4, 0.5) is 0 Å². The van der Waals surface area contributed by atoms with E-state index in [0.29, 0.717) is 12.6 Å². The molecule has 1 aliphatic carbocycles. The van der Waals surface area contributed by atoms with E-state index in [1.165, 1.54) is 12.8 Å². The van der Waals surface area contributed by atoms with Gasteiger partial charge in [-0.2, -0.15) is 0 Å². The number of likely N-dealkylation sites (N-methyl/N-ethyl adjacent to an activating group) is 1. The highest BCUT2D eigenvalue weighted by Gasteiger charge is 2.47. The highest BCUT2D eigenvalue weighted by Crippen LogP contribution is 2.34. The number of esters is 1. The molecule has 4 nitrogen and oxygen atoms in total. The zero-order valence-electron chi connectivity index (χ0n) is 13.7. The number of ether oxygens (including phenoxy) is 1. The van der Waals surface area contributed by atoms with E-state index in [2.05, 4.69) is 31.0 Å². The maximum Gasteiger partial charge on any atom is 0.326 e. The lowest BCUT2D eigenvalue weighted by Crippen LogP contribution is -2.52. The molecule has 0 aromatic carbocycles. The number of carbonyl (C=O) groups is 1. The van der Waals surface area contributed by atoms with Crippen LogP contribution in [0.3, 0.4) is 0 Å². The van der Waals surface area contributed by atoms with E-state index in [1.54, 1.807) is 0 Å². The van der Waals surface area contributed by atoms with Gasteiger partial charge in [0.05, 0.1) is 6.61 Å². The third-order valence-electron chi connectivity index (χ3n) is 4.21. The number of carbonyl (C=O) groups excluding carboxylic acids is 1. The number of hydrogen-bond donors (Lipinski definition) is 1. The Morgan fingerprint density at radius 1 is 1.25 bits per heavy atom. The van der Waals surface area contributed by atoms with Crippen molar-refractivity contribution in [2.45, 2.75) is 71.4 Å². The Bertz CT molecular complexity index is 290. The smallest absolute Gasteiger partial charge is 0.326 e. The molecule has 0 spiro atoms. The zero-order chi connectivity index (χ0) is 15.0. The van der Waals surface area contributed by atoms with Crippen molar-refractivity contribution in [3.05, 3.63) is 0 Å². The minimum atomic E-state index is -0.449. The molecule has 118 valence electrons. The highest BCUT2D eigenvalue weighted by molar-refractivity contribution is 5.81. The van der Waals surface area contributed by atoms with Crippen LogP contribution >= 0.6 is 0 Å². The molecule has 1 saturated carbocycles. The van der Waals surface area contributed by atoms with Gasteiger partial charge in [0.25, 0.3) is 0 Å². The van der Waals surface area contributed by atoms with Crippen LogP contribution in [0.15, 0.2) is 0 Å². The van der Waals surface area contributed by atoms with E-state index in [9.17, 15) is 4.79 Å². The molecule has 0 radical (unpaired) electrons. The van der Waals surface area contributed by atoms with Gasteiger partial charge >= 0.3 is 5.97 Å². The van der Waals surface area contributed by atoms with Gasteiger partial charge in [-0.3, -0.25) is 4.79 Å². The molecule has 0 aromatic rings. The summed E-state index contributed by atoms with van der Waals surface area (Å²) in [4.78, 5) is 14.9. The Hall–Kier alpha value is -0.610. The van der Waals surface area contributed by atoms with Crippen molar-refractivity contribution in [2.75, 3.05) is 26.2 Å². The zero-order valence-corrected chi connectivity index (χ0v) is 13.7. The third kappa shape index (κ3) is 4.19. The Kier molecular flexibility index (Phi) is 7.52. The Balaban J connectivity index is 2.74. The summed E-state index contributed by atoms with van der Waals surface area (Å²) in [6.07, 6.45) is 5.22. The first-order valence-corrected chi connectivity index (χ1v) is 8.29. The molecule has 0 aromatic heterocycles. The summed E-state index contributed by atoms with van der Waals surface area (Å²) in [7, 11) is 0. The van der Waals surface area contributed by atoms with Crippen molar-refractivity contribution in [3.8, 4) is 0 Å². The van der Waals surface area contributed by atoms with E-state index >= 15 is 0 Å². The first-order valence-electron chi connectivity index (χ1n) is 8.29. The monoisotopic (exact) mass is 284 g/mol. The average molecular weight is 284 g/mol. The standard InChI is InChI=1S/C16H32N2O2/c1-5-11-18(12-6-2)14-9-10-16(13-14,17-7-3)15(19)20-8-4/h14,17H,5-13H2,1-4H3. The first kappa shape index (κ1) is 17.4. The second kappa shape index (κ2) is 8.63. The topological polar surface area (TPSA) is 41.6 Å². The summed E-state index contributed by atoms with van der Waals surface area (Å²) in [5.41, 5.74) is -0.449.